The fourth-order valence-electron chi connectivity index (χ4n) is 4.07. The molecule has 4 rings (SSSR count). The first-order chi connectivity index (χ1) is 19.2. The molecule has 0 saturated heterocycles. The first-order valence-electron chi connectivity index (χ1n) is 12.3. The number of aliphatic carboxylic acids is 1. The van der Waals surface area contributed by atoms with Crippen LogP contribution in [0, 0.1) is 0 Å². The van der Waals surface area contributed by atoms with E-state index in [0.29, 0.717) is 28.9 Å². The van der Waals surface area contributed by atoms with Crippen LogP contribution in [0.25, 0.3) is 10.8 Å². The molecule has 206 valence electrons. The number of ether oxygens (including phenoxy) is 2. The smallest absolute Gasteiger partial charge is 0.416 e. The van der Waals surface area contributed by atoms with Gasteiger partial charge in [0.05, 0.1) is 11.1 Å². The number of rotatable bonds is 11. The molecule has 0 heterocycles. The lowest BCUT2D eigenvalue weighted by Gasteiger charge is -2.18. The molecule has 0 saturated carbocycles. The fraction of sp³-hybridized carbons (Fsp3) is 0.161. The van der Waals surface area contributed by atoms with Crippen molar-refractivity contribution in [1.82, 2.24) is 5.32 Å². The quantitative estimate of drug-likeness (QED) is 0.211. The topological polar surface area (TPSA) is 84.9 Å². The van der Waals surface area contributed by atoms with Gasteiger partial charge in [-0.15, -0.1) is 0 Å². The molecule has 0 fully saturated rings. The van der Waals surface area contributed by atoms with Gasteiger partial charge in [-0.25, -0.2) is 4.79 Å². The predicted octanol–water partition coefficient (Wildman–Crippen LogP) is 6.43. The van der Waals surface area contributed by atoms with Gasteiger partial charge in [0.2, 0.25) is 0 Å². The molecule has 0 aliphatic rings. The zero-order valence-electron chi connectivity index (χ0n) is 21.3. The van der Waals surface area contributed by atoms with Crippen molar-refractivity contribution in [1.29, 1.82) is 0 Å². The monoisotopic (exact) mass is 549 g/mol. The van der Waals surface area contributed by atoms with Crippen LogP contribution in [-0.2, 0) is 24.0 Å². The minimum Gasteiger partial charge on any atom is -0.490 e. The molecular weight excluding hydrogens is 523 g/mol. The first kappa shape index (κ1) is 28.2. The lowest BCUT2D eigenvalue weighted by Crippen LogP contribution is -2.42. The molecule has 0 unspecified atom stereocenters. The molecule has 0 spiro atoms. The molecule has 0 aliphatic heterocycles. The third kappa shape index (κ3) is 6.99. The summed E-state index contributed by atoms with van der Waals surface area (Å²) in [5, 5.41) is 13.8. The second-order valence-electron chi connectivity index (χ2n) is 8.96. The SMILES string of the molecule is C=CCOc1ccc(C[C@H](NC(=O)c2ccc3ccccc3c2OCc2ccc(C(F)(F)F)cc2)C(=O)O)cc1. The van der Waals surface area contributed by atoms with Gasteiger partial charge in [-0.05, 0) is 46.8 Å². The number of amides is 1. The van der Waals surface area contributed by atoms with E-state index in [4.69, 9.17) is 9.47 Å². The molecule has 4 aromatic rings. The van der Waals surface area contributed by atoms with Crippen LogP contribution in [0.4, 0.5) is 13.2 Å². The molecule has 1 atom stereocenters. The molecule has 0 aliphatic carbocycles. The van der Waals surface area contributed by atoms with Crippen LogP contribution in [0.5, 0.6) is 11.5 Å². The summed E-state index contributed by atoms with van der Waals surface area (Å²) < 4.78 is 50.2. The van der Waals surface area contributed by atoms with E-state index in [9.17, 15) is 27.9 Å². The molecule has 0 radical (unpaired) electrons. The number of benzene rings is 4. The van der Waals surface area contributed by atoms with Gasteiger partial charge < -0.3 is 19.9 Å². The minimum absolute atomic E-state index is 0.0259. The number of hydrogen-bond donors (Lipinski definition) is 2. The summed E-state index contributed by atoms with van der Waals surface area (Å²) in [4.78, 5) is 25.4. The molecule has 6 nitrogen and oxygen atoms in total. The van der Waals surface area contributed by atoms with Crippen molar-refractivity contribution in [3.63, 3.8) is 0 Å². The van der Waals surface area contributed by atoms with Crippen LogP contribution in [0.2, 0.25) is 0 Å². The van der Waals surface area contributed by atoms with Gasteiger partial charge >= 0.3 is 12.1 Å². The summed E-state index contributed by atoms with van der Waals surface area (Å²) in [6, 6.07) is 20.5. The second kappa shape index (κ2) is 12.4. The number of nitrogens with one attached hydrogen (secondary N) is 1. The highest BCUT2D eigenvalue weighted by Crippen LogP contribution is 2.32. The predicted molar refractivity (Wildman–Crippen MR) is 144 cm³/mol. The van der Waals surface area contributed by atoms with E-state index in [1.54, 1.807) is 48.5 Å². The van der Waals surface area contributed by atoms with E-state index in [1.165, 1.54) is 18.2 Å². The highest BCUT2D eigenvalue weighted by atomic mass is 19.4. The van der Waals surface area contributed by atoms with Gasteiger partial charge in [0.1, 0.15) is 30.8 Å². The zero-order chi connectivity index (χ0) is 28.7. The summed E-state index contributed by atoms with van der Waals surface area (Å²) in [6.45, 7) is 3.82. The normalized spacial score (nSPS) is 12.0. The van der Waals surface area contributed by atoms with Crippen LogP contribution < -0.4 is 14.8 Å². The number of carboxylic acids is 1. The number of carboxylic acid groups (broad SMARTS) is 1. The molecule has 9 heteroatoms. The van der Waals surface area contributed by atoms with Crippen LogP contribution in [-0.4, -0.2) is 29.6 Å². The maximum Gasteiger partial charge on any atom is 0.416 e. The molecule has 40 heavy (non-hydrogen) atoms. The van der Waals surface area contributed by atoms with E-state index >= 15 is 0 Å². The second-order valence-corrected chi connectivity index (χ2v) is 8.96. The van der Waals surface area contributed by atoms with Crippen molar-refractivity contribution in [3.8, 4) is 11.5 Å². The largest absolute Gasteiger partial charge is 0.490 e. The molecule has 0 aromatic heterocycles. The summed E-state index contributed by atoms with van der Waals surface area (Å²) in [5.41, 5.74) is 0.470. The Morgan fingerprint density at radius 1 is 0.900 bits per heavy atom. The van der Waals surface area contributed by atoms with Gasteiger partial charge in [0.25, 0.3) is 5.91 Å². The maximum absolute atomic E-state index is 13.3. The minimum atomic E-state index is -4.46. The first-order valence-corrected chi connectivity index (χ1v) is 12.3. The average Bonchev–Trinajstić information content (AvgIpc) is 2.94. The van der Waals surface area contributed by atoms with Crippen molar-refractivity contribution in [2.24, 2.45) is 0 Å². The number of hydrogen-bond acceptors (Lipinski definition) is 4. The standard InChI is InChI=1S/C31H26F3NO5/c1-2-17-39-24-14-9-20(10-15-24)18-27(30(37)38)35-29(36)26-16-11-22-5-3-4-6-25(22)28(26)40-19-21-7-12-23(13-8-21)31(32,33)34/h2-16,27H,1,17-19H2,(H,35,36)(H,37,38)/t27-/m0/s1. The van der Waals surface area contributed by atoms with Crippen molar-refractivity contribution < 1.29 is 37.3 Å². The number of carbonyl (C=O) groups is 2. The number of alkyl halides is 3. The Balaban J connectivity index is 1.55. The Bertz CT molecular complexity index is 1500. The van der Waals surface area contributed by atoms with E-state index in [-0.39, 0.29) is 24.3 Å². The van der Waals surface area contributed by atoms with Crippen molar-refractivity contribution >= 4 is 22.6 Å². The molecule has 4 aromatic carbocycles. The van der Waals surface area contributed by atoms with Crippen molar-refractivity contribution in [2.45, 2.75) is 25.2 Å². The van der Waals surface area contributed by atoms with E-state index in [0.717, 1.165) is 17.5 Å². The number of carbonyl (C=O) groups excluding carboxylic acids is 1. The number of halogens is 3. The summed E-state index contributed by atoms with van der Waals surface area (Å²) in [5.74, 6) is -1.08. The number of fused-ring (bicyclic) bond motifs is 1. The maximum atomic E-state index is 13.3. The summed E-state index contributed by atoms with van der Waals surface area (Å²) >= 11 is 0. The molecule has 1 amide bonds. The Labute approximate surface area is 228 Å². The fourth-order valence-corrected chi connectivity index (χ4v) is 4.07. The third-order valence-electron chi connectivity index (χ3n) is 6.12. The summed E-state index contributed by atoms with van der Waals surface area (Å²) in [6.07, 6.45) is -2.82. The van der Waals surface area contributed by atoms with Gasteiger partial charge in [0, 0.05) is 11.8 Å². The van der Waals surface area contributed by atoms with Crippen LogP contribution >= 0.6 is 0 Å². The molecular formula is C31H26F3NO5. The molecule has 0 bridgehead atoms. The van der Waals surface area contributed by atoms with Crippen molar-refractivity contribution in [2.75, 3.05) is 6.61 Å². The lowest BCUT2D eigenvalue weighted by atomic mass is 10.0. The van der Waals surface area contributed by atoms with Gasteiger partial charge in [-0.3, -0.25) is 4.79 Å². The van der Waals surface area contributed by atoms with Gasteiger partial charge in [-0.1, -0.05) is 67.3 Å². The van der Waals surface area contributed by atoms with Crippen LogP contribution in [0.15, 0.2) is 97.6 Å². The van der Waals surface area contributed by atoms with Crippen LogP contribution in [0.3, 0.4) is 0 Å². The Morgan fingerprint density at radius 2 is 1.57 bits per heavy atom. The molecule has 2 N–H and O–H groups in total. The van der Waals surface area contributed by atoms with E-state index in [1.807, 2.05) is 12.1 Å². The highest BCUT2D eigenvalue weighted by molar-refractivity contribution is 6.04. The lowest BCUT2D eigenvalue weighted by molar-refractivity contribution is -0.139. The van der Waals surface area contributed by atoms with Crippen molar-refractivity contribution in [3.05, 3.63) is 120 Å². The summed E-state index contributed by atoms with van der Waals surface area (Å²) in [7, 11) is 0. The Kier molecular flexibility index (Phi) is 8.73. The Hall–Kier alpha value is -4.79. The zero-order valence-corrected chi connectivity index (χ0v) is 21.3. The van der Waals surface area contributed by atoms with Crippen LogP contribution in [0.1, 0.15) is 27.0 Å². The third-order valence-corrected chi connectivity index (χ3v) is 6.12. The Morgan fingerprint density at radius 3 is 2.23 bits per heavy atom. The highest BCUT2D eigenvalue weighted by Gasteiger charge is 2.30. The van der Waals surface area contributed by atoms with E-state index < -0.39 is 29.7 Å². The average molecular weight is 550 g/mol. The van der Waals surface area contributed by atoms with Gasteiger partial charge in [-0.2, -0.15) is 13.2 Å². The van der Waals surface area contributed by atoms with E-state index in [2.05, 4.69) is 11.9 Å². The van der Waals surface area contributed by atoms with Gasteiger partial charge in [0.15, 0.2) is 0 Å².